The second-order valence-corrected chi connectivity index (χ2v) is 6.35. The van der Waals surface area contributed by atoms with Gasteiger partial charge in [-0.3, -0.25) is 14.9 Å². The first kappa shape index (κ1) is 17.4. The van der Waals surface area contributed by atoms with Crippen LogP contribution < -0.4 is 5.32 Å². The molecule has 2 aromatic carbocycles. The van der Waals surface area contributed by atoms with Crippen molar-refractivity contribution < 1.29 is 9.72 Å². The van der Waals surface area contributed by atoms with E-state index in [1.807, 2.05) is 53.2 Å². The monoisotopic (exact) mass is 372 g/mol. The van der Waals surface area contributed by atoms with Crippen molar-refractivity contribution in [3.8, 4) is 11.3 Å². The molecule has 0 fully saturated rings. The molecule has 0 aliphatic rings. The van der Waals surface area contributed by atoms with Gasteiger partial charge in [0.1, 0.15) is 5.65 Å². The van der Waals surface area contributed by atoms with Gasteiger partial charge in [0.15, 0.2) is 0 Å². The van der Waals surface area contributed by atoms with E-state index in [-0.39, 0.29) is 11.3 Å². The molecule has 0 saturated heterocycles. The molecule has 0 spiro atoms. The number of hydrogen-bond acceptors (Lipinski definition) is 4. The molecule has 1 N–H and O–H groups in total. The lowest BCUT2D eigenvalue weighted by Crippen LogP contribution is -2.13. The standard InChI is InChI=1S/C21H16N4O3/c1-14-9-10-15(12-19(14)25(27)28)21(26)23-17-7-3-2-6-16(17)18-13-24-11-5-4-8-20(24)22-18/h2-13H,1H3,(H,23,26). The largest absolute Gasteiger partial charge is 0.321 e. The van der Waals surface area contributed by atoms with E-state index in [9.17, 15) is 14.9 Å². The molecule has 0 aliphatic heterocycles. The fraction of sp³-hybridized carbons (Fsp3) is 0.0476. The average molecular weight is 372 g/mol. The highest BCUT2D eigenvalue weighted by molar-refractivity contribution is 6.06. The number of amides is 1. The smallest absolute Gasteiger partial charge is 0.273 e. The summed E-state index contributed by atoms with van der Waals surface area (Å²) in [5.41, 5.74) is 3.51. The zero-order chi connectivity index (χ0) is 19.7. The van der Waals surface area contributed by atoms with Gasteiger partial charge in [0.05, 0.1) is 16.3 Å². The summed E-state index contributed by atoms with van der Waals surface area (Å²) in [6, 6.07) is 17.5. The number of imidazole rings is 1. The van der Waals surface area contributed by atoms with Crippen LogP contribution in [0.1, 0.15) is 15.9 Å². The predicted molar refractivity (Wildman–Crippen MR) is 106 cm³/mol. The van der Waals surface area contributed by atoms with Gasteiger partial charge in [-0.2, -0.15) is 0 Å². The molecule has 0 unspecified atom stereocenters. The molecule has 4 aromatic rings. The summed E-state index contributed by atoms with van der Waals surface area (Å²) in [7, 11) is 0. The normalized spacial score (nSPS) is 10.8. The van der Waals surface area contributed by atoms with Crippen molar-refractivity contribution in [2.75, 3.05) is 5.32 Å². The molecular weight excluding hydrogens is 356 g/mol. The van der Waals surface area contributed by atoms with Crippen molar-refractivity contribution in [1.82, 2.24) is 9.38 Å². The van der Waals surface area contributed by atoms with Gasteiger partial charge in [0.25, 0.3) is 11.6 Å². The van der Waals surface area contributed by atoms with Crippen LogP contribution in [0, 0.1) is 17.0 Å². The number of para-hydroxylation sites is 1. The minimum absolute atomic E-state index is 0.0821. The van der Waals surface area contributed by atoms with Crippen LogP contribution in [0.2, 0.25) is 0 Å². The van der Waals surface area contributed by atoms with Crippen LogP contribution in [0.4, 0.5) is 11.4 Å². The molecule has 0 radical (unpaired) electrons. The summed E-state index contributed by atoms with van der Waals surface area (Å²) in [4.78, 5) is 27.9. The topological polar surface area (TPSA) is 89.5 Å². The maximum atomic E-state index is 12.7. The molecular formula is C21H16N4O3. The quantitative estimate of drug-likeness (QED) is 0.423. The van der Waals surface area contributed by atoms with Gasteiger partial charge in [0, 0.05) is 35.2 Å². The van der Waals surface area contributed by atoms with Crippen molar-refractivity contribution >= 4 is 22.9 Å². The first-order valence-electron chi connectivity index (χ1n) is 8.62. The van der Waals surface area contributed by atoms with Crippen molar-refractivity contribution in [3.63, 3.8) is 0 Å². The lowest BCUT2D eigenvalue weighted by molar-refractivity contribution is -0.385. The van der Waals surface area contributed by atoms with Crippen LogP contribution in [0.5, 0.6) is 0 Å². The molecule has 7 nitrogen and oxygen atoms in total. The first-order valence-corrected chi connectivity index (χ1v) is 8.62. The molecule has 0 saturated carbocycles. The molecule has 1 amide bonds. The van der Waals surface area contributed by atoms with E-state index in [0.29, 0.717) is 11.3 Å². The minimum Gasteiger partial charge on any atom is -0.321 e. The van der Waals surface area contributed by atoms with Crippen molar-refractivity contribution in [2.24, 2.45) is 0 Å². The fourth-order valence-corrected chi connectivity index (χ4v) is 3.02. The summed E-state index contributed by atoms with van der Waals surface area (Å²) in [5, 5.41) is 14.0. The van der Waals surface area contributed by atoms with E-state index in [0.717, 1.165) is 16.9 Å². The van der Waals surface area contributed by atoms with Gasteiger partial charge in [-0.05, 0) is 31.2 Å². The Morgan fingerprint density at radius 2 is 1.89 bits per heavy atom. The highest BCUT2D eigenvalue weighted by Gasteiger charge is 2.17. The van der Waals surface area contributed by atoms with E-state index in [4.69, 9.17) is 0 Å². The maximum absolute atomic E-state index is 12.7. The third kappa shape index (κ3) is 3.21. The summed E-state index contributed by atoms with van der Waals surface area (Å²) >= 11 is 0. The third-order valence-corrected chi connectivity index (χ3v) is 4.48. The Labute approximate surface area is 160 Å². The Morgan fingerprint density at radius 1 is 1.11 bits per heavy atom. The lowest BCUT2D eigenvalue weighted by atomic mass is 10.1. The molecule has 28 heavy (non-hydrogen) atoms. The van der Waals surface area contributed by atoms with Gasteiger partial charge in [0.2, 0.25) is 0 Å². The molecule has 0 atom stereocenters. The maximum Gasteiger partial charge on any atom is 0.273 e. The Kier molecular flexibility index (Phi) is 4.33. The Hall–Kier alpha value is -4.00. The summed E-state index contributed by atoms with van der Waals surface area (Å²) < 4.78 is 1.90. The molecule has 138 valence electrons. The number of nitro benzene ring substituents is 1. The Bertz CT molecular complexity index is 1180. The minimum atomic E-state index is -0.489. The SMILES string of the molecule is Cc1ccc(C(=O)Nc2ccccc2-c2cn3ccccc3n2)cc1[N+](=O)[O-]. The summed E-state index contributed by atoms with van der Waals surface area (Å²) in [6.07, 6.45) is 3.79. The van der Waals surface area contributed by atoms with E-state index in [1.165, 1.54) is 6.07 Å². The number of hydrogen-bond donors (Lipinski definition) is 1. The molecule has 7 heteroatoms. The number of aryl methyl sites for hydroxylation is 1. The van der Waals surface area contributed by atoms with Crippen LogP contribution in [0.3, 0.4) is 0 Å². The zero-order valence-corrected chi connectivity index (χ0v) is 15.0. The van der Waals surface area contributed by atoms with Gasteiger partial charge < -0.3 is 9.72 Å². The van der Waals surface area contributed by atoms with Crippen LogP contribution in [0.25, 0.3) is 16.9 Å². The second-order valence-electron chi connectivity index (χ2n) is 6.35. The number of pyridine rings is 1. The highest BCUT2D eigenvalue weighted by Crippen LogP contribution is 2.28. The number of nitrogens with zero attached hydrogens (tertiary/aromatic N) is 3. The summed E-state index contributed by atoms with van der Waals surface area (Å²) in [6.45, 7) is 1.64. The van der Waals surface area contributed by atoms with E-state index in [1.54, 1.807) is 25.1 Å². The summed E-state index contributed by atoms with van der Waals surface area (Å²) in [5.74, 6) is -0.417. The molecule has 2 heterocycles. The molecule has 2 aromatic heterocycles. The van der Waals surface area contributed by atoms with E-state index >= 15 is 0 Å². The molecule has 4 rings (SSSR count). The first-order chi connectivity index (χ1) is 13.5. The van der Waals surface area contributed by atoms with E-state index in [2.05, 4.69) is 10.3 Å². The van der Waals surface area contributed by atoms with Crippen molar-refractivity contribution in [2.45, 2.75) is 6.92 Å². The lowest BCUT2D eigenvalue weighted by Gasteiger charge is -2.10. The number of nitrogens with one attached hydrogen (secondary N) is 1. The third-order valence-electron chi connectivity index (χ3n) is 4.48. The number of aromatic nitrogens is 2. The number of carbonyl (C=O) groups excluding carboxylic acids is 1. The van der Waals surface area contributed by atoms with Gasteiger partial charge in [-0.25, -0.2) is 4.98 Å². The number of benzene rings is 2. The van der Waals surface area contributed by atoms with Crippen LogP contribution >= 0.6 is 0 Å². The number of carbonyl (C=O) groups is 1. The van der Waals surface area contributed by atoms with Crippen LogP contribution in [-0.4, -0.2) is 20.2 Å². The van der Waals surface area contributed by atoms with Gasteiger partial charge in [-0.1, -0.05) is 30.3 Å². The van der Waals surface area contributed by atoms with Crippen LogP contribution in [0.15, 0.2) is 73.1 Å². The number of anilines is 1. The highest BCUT2D eigenvalue weighted by atomic mass is 16.6. The predicted octanol–water partition coefficient (Wildman–Crippen LogP) is 4.47. The van der Waals surface area contributed by atoms with Crippen molar-refractivity contribution in [3.05, 3.63) is 94.3 Å². The number of nitro groups is 1. The van der Waals surface area contributed by atoms with Crippen molar-refractivity contribution in [1.29, 1.82) is 0 Å². The van der Waals surface area contributed by atoms with E-state index < -0.39 is 10.8 Å². The average Bonchev–Trinajstić information content (AvgIpc) is 3.12. The number of fused-ring (bicyclic) bond motifs is 1. The van der Waals surface area contributed by atoms with Gasteiger partial charge in [-0.15, -0.1) is 0 Å². The second kappa shape index (κ2) is 6.96. The zero-order valence-electron chi connectivity index (χ0n) is 15.0. The van der Waals surface area contributed by atoms with Gasteiger partial charge >= 0.3 is 0 Å². The van der Waals surface area contributed by atoms with Crippen LogP contribution in [-0.2, 0) is 0 Å². The molecule has 0 bridgehead atoms. The Morgan fingerprint density at radius 3 is 2.68 bits per heavy atom. The fourth-order valence-electron chi connectivity index (χ4n) is 3.02. The number of rotatable bonds is 4. The Balaban J connectivity index is 1.68. The molecule has 0 aliphatic carbocycles.